The van der Waals surface area contributed by atoms with Crippen molar-refractivity contribution >= 4 is 23.2 Å². The highest BCUT2D eigenvalue weighted by atomic mass is 35.5. The van der Waals surface area contributed by atoms with Gasteiger partial charge >= 0.3 is 0 Å². The maximum atomic E-state index is 6.25. The lowest BCUT2D eigenvalue weighted by molar-refractivity contribution is 0.0117. The average molecular weight is 318 g/mol. The third-order valence-electron chi connectivity index (χ3n) is 3.65. The molecule has 0 saturated heterocycles. The Morgan fingerprint density at radius 3 is 2.35 bits per heavy atom. The number of hydrogen-bond donors (Lipinski definition) is 1. The van der Waals surface area contributed by atoms with Crippen LogP contribution in [0.25, 0.3) is 0 Å². The van der Waals surface area contributed by atoms with Gasteiger partial charge in [-0.3, -0.25) is 0 Å². The molecule has 0 radical (unpaired) electrons. The number of hydrogen-bond acceptors (Lipinski definition) is 2. The molecule has 1 N–H and O–H groups in total. The Hall–Kier alpha value is -0.280. The summed E-state index contributed by atoms with van der Waals surface area (Å²) in [5.74, 6) is 0. The molecule has 0 aliphatic rings. The van der Waals surface area contributed by atoms with E-state index in [1.54, 1.807) is 7.11 Å². The van der Waals surface area contributed by atoms with Gasteiger partial charge in [0.1, 0.15) is 0 Å². The fourth-order valence-corrected chi connectivity index (χ4v) is 2.71. The summed E-state index contributed by atoms with van der Waals surface area (Å²) in [4.78, 5) is 0. The van der Waals surface area contributed by atoms with Crippen molar-refractivity contribution in [3.63, 3.8) is 0 Å². The minimum atomic E-state index is -0.0993. The zero-order chi connectivity index (χ0) is 15.2. The second kappa shape index (κ2) is 8.23. The molecule has 2 nitrogen and oxygen atoms in total. The molecule has 20 heavy (non-hydrogen) atoms. The summed E-state index contributed by atoms with van der Waals surface area (Å²) in [5, 5.41) is 4.99. The van der Waals surface area contributed by atoms with Gasteiger partial charge in [0, 0.05) is 23.2 Å². The molecule has 1 rings (SSSR count). The first-order chi connectivity index (χ1) is 9.39. The molecular formula is C16H25Cl2NO. The van der Waals surface area contributed by atoms with Gasteiger partial charge in [-0.25, -0.2) is 0 Å². The number of benzene rings is 1. The molecule has 0 fully saturated rings. The third-order valence-corrected chi connectivity index (χ3v) is 4.36. The first-order valence-corrected chi connectivity index (χ1v) is 7.86. The van der Waals surface area contributed by atoms with Gasteiger partial charge in [-0.05, 0) is 57.4 Å². The van der Waals surface area contributed by atoms with E-state index in [4.69, 9.17) is 27.9 Å². The van der Waals surface area contributed by atoms with E-state index in [2.05, 4.69) is 26.1 Å². The summed E-state index contributed by atoms with van der Waals surface area (Å²) in [6.07, 6.45) is 2.85. The zero-order valence-electron chi connectivity index (χ0n) is 12.8. The van der Waals surface area contributed by atoms with Crippen LogP contribution in [0.15, 0.2) is 18.2 Å². The first-order valence-electron chi connectivity index (χ1n) is 7.11. The van der Waals surface area contributed by atoms with Crippen molar-refractivity contribution in [1.82, 2.24) is 5.32 Å². The molecule has 0 aromatic heterocycles. The van der Waals surface area contributed by atoms with Crippen molar-refractivity contribution in [2.24, 2.45) is 0 Å². The maximum absolute atomic E-state index is 6.25. The highest BCUT2D eigenvalue weighted by Gasteiger charge is 2.20. The standard InChI is InChI=1S/C16H25Cl2NO/c1-5-19-12(9-10-16(2,3)20-4)11-13-14(17)7-6-8-15(13)18/h6-8,12,19H,5,9-11H2,1-4H3. The van der Waals surface area contributed by atoms with Gasteiger partial charge in [0.15, 0.2) is 0 Å². The van der Waals surface area contributed by atoms with E-state index >= 15 is 0 Å². The van der Waals surface area contributed by atoms with Crippen molar-refractivity contribution < 1.29 is 4.74 Å². The molecule has 1 atom stereocenters. The van der Waals surface area contributed by atoms with Crippen molar-refractivity contribution in [1.29, 1.82) is 0 Å². The van der Waals surface area contributed by atoms with Crippen LogP contribution in [0.2, 0.25) is 10.0 Å². The quantitative estimate of drug-likeness (QED) is 0.749. The normalized spacial score (nSPS) is 13.5. The van der Waals surface area contributed by atoms with Crippen molar-refractivity contribution in [3.05, 3.63) is 33.8 Å². The van der Waals surface area contributed by atoms with E-state index in [0.29, 0.717) is 6.04 Å². The van der Waals surface area contributed by atoms with Crippen LogP contribution in [0.5, 0.6) is 0 Å². The summed E-state index contributed by atoms with van der Waals surface area (Å²) in [6, 6.07) is 6.02. The number of ether oxygens (including phenoxy) is 1. The highest BCUT2D eigenvalue weighted by molar-refractivity contribution is 6.35. The lowest BCUT2D eigenvalue weighted by Crippen LogP contribution is -2.34. The molecular weight excluding hydrogens is 293 g/mol. The third kappa shape index (κ3) is 5.61. The smallest absolute Gasteiger partial charge is 0.0623 e. The maximum Gasteiger partial charge on any atom is 0.0623 e. The number of halogens is 2. The number of nitrogens with one attached hydrogen (secondary N) is 1. The van der Waals surface area contributed by atoms with Crippen molar-refractivity contribution in [3.8, 4) is 0 Å². The number of methoxy groups -OCH3 is 1. The first kappa shape index (κ1) is 17.8. The lowest BCUT2D eigenvalue weighted by atomic mass is 9.95. The van der Waals surface area contributed by atoms with Gasteiger partial charge in [-0.15, -0.1) is 0 Å². The van der Waals surface area contributed by atoms with Gasteiger partial charge in [0.2, 0.25) is 0 Å². The van der Waals surface area contributed by atoms with Gasteiger partial charge in [0.25, 0.3) is 0 Å². The Labute approximate surface area is 132 Å². The predicted molar refractivity (Wildman–Crippen MR) is 88.0 cm³/mol. The molecule has 0 amide bonds. The molecule has 114 valence electrons. The molecule has 1 unspecified atom stereocenters. The van der Waals surface area contributed by atoms with E-state index in [1.165, 1.54) is 0 Å². The van der Waals surface area contributed by atoms with Crippen molar-refractivity contribution in [2.75, 3.05) is 13.7 Å². The second-order valence-corrected chi connectivity index (χ2v) is 6.48. The van der Waals surface area contributed by atoms with Crippen LogP contribution in [0.1, 0.15) is 39.2 Å². The molecule has 1 aromatic carbocycles. The number of likely N-dealkylation sites (N-methyl/N-ethyl adjacent to an activating group) is 1. The Bertz CT molecular complexity index is 401. The largest absolute Gasteiger partial charge is 0.379 e. The molecule has 0 heterocycles. The molecule has 0 aliphatic carbocycles. The van der Waals surface area contributed by atoms with Crippen LogP contribution >= 0.6 is 23.2 Å². The van der Waals surface area contributed by atoms with E-state index in [-0.39, 0.29) is 5.60 Å². The molecule has 4 heteroatoms. The van der Waals surface area contributed by atoms with Crippen LogP contribution in [0.4, 0.5) is 0 Å². The van der Waals surface area contributed by atoms with Gasteiger partial charge in [-0.1, -0.05) is 36.2 Å². The average Bonchev–Trinajstić information content (AvgIpc) is 2.40. The van der Waals surface area contributed by atoms with E-state index in [9.17, 15) is 0 Å². The SMILES string of the molecule is CCNC(CCC(C)(C)OC)Cc1c(Cl)cccc1Cl. The molecule has 0 spiro atoms. The minimum absolute atomic E-state index is 0.0993. The molecule has 0 bridgehead atoms. The van der Waals surface area contributed by atoms with Crippen LogP contribution < -0.4 is 5.32 Å². The summed E-state index contributed by atoms with van der Waals surface area (Å²) >= 11 is 12.5. The van der Waals surface area contributed by atoms with Crippen LogP contribution in [-0.4, -0.2) is 25.3 Å². The van der Waals surface area contributed by atoms with E-state index in [1.807, 2.05) is 18.2 Å². The number of rotatable bonds is 8. The van der Waals surface area contributed by atoms with Crippen molar-refractivity contribution in [2.45, 2.75) is 51.7 Å². The molecule has 1 aromatic rings. The van der Waals surface area contributed by atoms with E-state index in [0.717, 1.165) is 41.4 Å². The van der Waals surface area contributed by atoms with Gasteiger partial charge < -0.3 is 10.1 Å². The Morgan fingerprint density at radius 1 is 1.25 bits per heavy atom. The topological polar surface area (TPSA) is 21.3 Å². The van der Waals surface area contributed by atoms with Gasteiger partial charge in [-0.2, -0.15) is 0 Å². The summed E-state index contributed by atoms with van der Waals surface area (Å²) < 4.78 is 5.48. The summed E-state index contributed by atoms with van der Waals surface area (Å²) in [7, 11) is 1.76. The Balaban J connectivity index is 2.72. The predicted octanol–water partition coefficient (Wildman–Crippen LogP) is 4.72. The van der Waals surface area contributed by atoms with Crippen LogP contribution in [0.3, 0.4) is 0 Å². The monoisotopic (exact) mass is 317 g/mol. The van der Waals surface area contributed by atoms with E-state index < -0.39 is 0 Å². The summed E-state index contributed by atoms with van der Waals surface area (Å²) in [5.41, 5.74) is 0.926. The highest BCUT2D eigenvalue weighted by Crippen LogP contribution is 2.27. The molecule has 0 saturated carbocycles. The Kier molecular flexibility index (Phi) is 7.32. The van der Waals surface area contributed by atoms with Crippen LogP contribution in [-0.2, 0) is 11.2 Å². The minimum Gasteiger partial charge on any atom is -0.379 e. The second-order valence-electron chi connectivity index (χ2n) is 5.66. The fourth-order valence-electron chi connectivity index (χ4n) is 2.16. The Morgan fingerprint density at radius 2 is 1.85 bits per heavy atom. The lowest BCUT2D eigenvalue weighted by Gasteiger charge is -2.26. The molecule has 0 aliphatic heterocycles. The zero-order valence-corrected chi connectivity index (χ0v) is 14.3. The van der Waals surface area contributed by atoms with Gasteiger partial charge in [0.05, 0.1) is 5.60 Å². The van der Waals surface area contributed by atoms with Crippen LogP contribution in [0, 0.1) is 0 Å². The summed E-state index contributed by atoms with van der Waals surface area (Å²) in [6.45, 7) is 7.26. The fraction of sp³-hybridized carbons (Fsp3) is 0.625.